The van der Waals surface area contributed by atoms with E-state index in [2.05, 4.69) is 24.1 Å². The lowest BCUT2D eigenvalue weighted by Crippen LogP contribution is -2.21. The first-order chi connectivity index (χ1) is 9.54. The minimum absolute atomic E-state index is 0.134. The van der Waals surface area contributed by atoms with Gasteiger partial charge in [0.15, 0.2) is 0 Å². The summed E-state index contributed by atoms with van der Waals surface area (Å²) in [5, 5.41) is 3.33. The summed E-state index contributed by atoms with van der Waals surface area (Å²) in [7, 11) is 0. The Balaban J connectivity index is 2.11. The van der Waals surface area contributed by atoms with Crippen molar-refractivity contribution in [1.82, 2.24) is 10.3 Å². The maximum absolute atomic E-state index is 5.82. The molecule has 0 aliphatic carbocycles. The highest BCUT2D eigenvalue weighted by atomic mass is 16.5. The number of aromatic nitrogens is 1. The van der Waals surface area contributed by atoms with E-state index in [9.17, 15) is 0 Å². The van der Waals surface area contributed by atoms with Gasteiger partial charge in [-0.25, -0.2) is 0 Å². The molecular weight excluding hydrogens is 252 g/mol. The van der Waals surface area contributed by atoms with Crippen LogP contribution in [0.3, 0.4) is 0 Å². The number of nitrogens with one attached hydrogen (secondary N) is 1. The van der Waals surface area contributed by atoms with Crippen LogP contribution in [-0.2, 0) is 6.54 Å². The second-order valence-corrected chi connectivity index (χ2v) is 5.38. The van der Waals surface area contributed by atoms with Crippen molar-refractivity contribution in [3.63, 3.8) is 0 Å². The molecule has 0 unspecified atom stereocenters. The molecular formula is C16H22N2O2. The van der Waals surface area contributed by atoms with Gasteiger partial charge in [-0.3, -0.25) is 4.98 Å². The van der Waals surface area contributed by atoms with Gasteiger partial charge in [0.25, 0.3) is 0 Å². The molecule has 0 bridgehead atoms. The van der Waals surface area contributed by atoms with Crippen LogP contribution in [0.2, 0.25) is 0 Å². The van der Waals surface area contributed by atoms with Gasteiger partial charge in [0.1, 0.15) is 17.3 Å². The number of hydrogen-bond acceptors (Lipinski definition) is 4. The summed E-state index contributed by atoms with van der Waals surface area (Å²) >= 11 is 0. The molecule has 20 heavy (non-hydrogen) atoms. The Bertz CT molecular complexity index is 547. The number of rotatable bonds is 6. The quantitative estimate of drug-likeness (QED) is 0.874. The van der Waals surface area contributed by atoms with Crippen LogP contribution in [0.15, 0.2) is 35.0 Å². The Kier molecular flexibility index (Phi) is 4.79. The molecule has 0 saturated carbocycles. The lowest BCUT2D eigenvalue weighted by Gasteiger charge is -2.09. The SMILES string of the molecule is CC(C)NCc1ccc(-c2cncc(OC(C)C)c2)o1. The van der Waals surface area contributed by atoms with E-state index in [-0.39, 0.29) is 6.10 Å². The molecule has 2 rings (SSSR count). The highest BCUT2D eigenvalue weighted by molar-refractivity contribution is 5.58. The van der Waals surface area contributed by atoms with Crippen LogP contribution in [0.5, 0.6) is 5.75 Å². The molecule has 2 aromatic rings. The molecule has 0 saturated heterocycles. The van der Waals surface area contributed by atoms with Crippen LogP contribution in [-0.4, -0.2) is 17.1 Å². The smallest absolute Gasteiger partial charge is 0.138 e. The third-order valence-corrected chi connectivity index (χ3v) is 2.72. The zero-order valence-electron chi connectivity index (χ0n) is 12.5. The van der Waals surface area contributed by atoms with E-state index in [0.717, 1.165) is 29.4 Å². The molecule has 0 aliphatic rings. The normalized spacial score (nSPS) is 11.3. The second kappa shape index (κ2) is 6.57. The van der Waals surface area contributed by atoms with Crippen molar-refractivity contribution in [2.75, 3.05) is 0 Å². The fraction of sp³-hybridized carbons (Fsp3) is 0.438. The van der Waals surface area contributed by atoms with Gasteiger partial charge in [-0.05, 0) is 32.0 Å². The number of ether oxygens (including phenoxy) is 1. The van der Waals surface area contributed by atoms with Crippen LogP contribution in [0, 0.1) is 0 Å². The van der Waals surface area contributed by atoms with Gasteiger partial charge in [0, 0.05) is 17.8 Å². The molecule has 1 N–H and O–H groups in total. The molecule has 0 aliphatic heterocycles. The minimum Gasteiger partial charge on any atom is -0.489 e. The number of furan rings is 1. The predicted molar refractivity (Wildman–Crippen MR) is 79.7 cm³/mol. The fourth-order valence-corrected chi connectivity index (χ4v) is 1.82. The van der Waals surface area contributed by atoms with Crippen molar-refractivity contribution in [1.29, 1.82) is 0 Å². The van der Waals surface area contributed by atoms with Crippen molar-refractivity contribution < 1.29 is 9.15 Å². The van der Waals surface area contributed by atoms with Crippen LogP contribution in [0.4, 0.5) is 0 Å². The van der Waals surface area contributed by atoms with Crippen molar-refractivity contribution in [3.8, 4) is 17.1 Å². The third-order valence-electron chi connectivity index (χ3n) is 2.72. The van der Waals surface area contributed by atoms with Gasteiger partial charge in [-0.1, -0.05) is 13.8 Å². The highest BCUT2D eigenvalue weighted by Crippen LogP contribution is 2.25. The number of nitrogens with zero attached hydrogens (tertiary/aromatic N) is 1. The lowest BCUT2D eigenvalue weighted by molar-refractivity contribution is 0.241. The first kappa shape index (κ1) is 14.6. The van der Waals surface area contributed by atoms with Gasteiger partial charge in [0.2, 0.25) is 0 Å². The van der Waals surface area contributed by atoms with Crippen LogP contribution in [0.25, 0.3) is 11.3 Å². The number of pyridine rings is 1. The van der Waals surface area contributed by atoms with E-state index in [0.29, 0.717) is 6.04 Å². The Morgan fingerprint density at radius 3 is 2.70 bits per heavy atom. The molecule has 4 nitrogen and oxygen atoms in total. The van der Waals surface area contributed by atoms with E-state index in [1.165, 1.54) is 0 Å². The maximum Gasteiger partial charge on any atom is 0.138 e. The summed E-state index contributed by atoms with van der Waals surface area (Å²) in [4.78, 5) is 4.20. The molecule has 0 fully saturated rings. The molecule has 0 aromatic carbocycles. The van der Waals surface area contributed by atoms with E-state index in [1.807, 2.05) is 32.0 Å². The molecule has 0 radical (unpaired) electrons. The molecule has 2 heterocycles. The topological polar surface area (TPSA) is 47.3 Å². The van der Waals surface area contributed by atoms with E-state index in [4.69, 9.17) is 9.15 Å². The second-order valence-electron chi connectivity index (χ2n) is 5.38. The highest BCUT2D eigenvalue weighted by Gasteiger charge is 2.07. The van der Waals surface area contributed by atoms with Gasteiger partial charge in [-0.2, -0.15) is 0 Å². The van der Waals surface area contributed by atoms with Crippen LogP contribution >= 0.6 is 0 Å². The summed E-state index contributed by atoms with van der Waals surface area (Å²) in [5.74, 6) is 2.49. The molecule has 0 amide bonds. The Morgan fingerprint density at radius 1 is 1.20 bits per heavy atom. The first-order valence-corrected chi connectivity index (χ1v) is 6.99. The van der Waals surface area contributed by atoms with E-state index in [1.54, 1.807) is 12.4 Å². The Hall–Kier alpha value is -1.81. The average molecular weight is 274 g/mol. The minimum atomic E-state index is 0.134. The zero-order valence-corrected chi connectivity index (χ0v) is 12.5. The third kappa shape index (κ3) is 4.10. The van der Waals surface area contributed by atoms with E-state index < -0.39 is 0 Å². The van der Waals surface area contributed by atoms with Crippen molar-refractivity contribution in [2.45, 2.75) is 46.4 Å². The lowest BCUT2D eigenvalue weighted by atomic mass is 10.2. The summed E-state index contributed by atoms with van der Waals surface area (Å²) in [6.45, 7) is 8.94. The zero-order chi connectivity index (χ0) is 14.5. The predicted octanol–water partition coefficient (Wildman–Crippen LogP) is 3.63. The van der Waals surface area contributed by atoms with Crippen molar-refractivity contribution in [3.05, 3.63) is 36.4 Å². The van der Waals surface area contributed by atoms with Crippen LogP contribution < -0.4 is 10.1 Å². The van der Waals surface area contributed by atoms with Crippen molar-refractivity contribution >= 4 is 0 Å². The Morgan fingerprint density at radius 2 is 2.00 bits per heavy atom. The van der Waals surface area contributed by atoms with Gasteiger partial charge in [-0.15, -0.1) is 0 Å². The molecule has 0 atom stereocenters. The first-order valence-electron chi connectivity index (χ1n) is 6.99. The Labute approximate surface area is 120 Å². The van der Waals surface area contributed by atoms with Gasteiger partial charge in [0.05, 0.1) is 18.8 Å². The van der Waals surface area contributed by atoms with Gasteiger partial charge >= 0.3 is 0 Å². The number of hydrogen-bond donors (Lipinski definition) is 1. The summed E-state index contributed by atoms with van der Waals surface area (Å²) in [5.41, 5.74) is 0.930. The molecule has 2 aromatic heterocycles. The standard InChI is InChI=1S/C16H22N2O2/c1-11(2)18-10-14-5-6-16(20-14)13-7-15(9-17-8-13)19-12(3)4/h5-9,11-12,18H,10H2,1-4H3. The summed E-state index contributed by atoms with van der Waals surface area (Å²) < 4.78 is 11.5. The maximum atomic E-state index is 5.82. The molecule has 0 spiro atoms. The van der Waals surface area contributed by atoms with Gasteiger partial charge < -0.3 is 14.5 Å². The molecule has 108 valence electrons. The van der Waals surface area contributed by atoms with E-state index >= 15 is 0 Å². The van der Waals surface area contributed by atoms with Crippen LogP contribution in [0.1, 0.15) is 33.5 Å². The van der Waals surface area contributed by atoms with Crippen molar-refractivity contribution in [2.24, 2.45) is 0 Å². The molecule has 4 heteroatoms. The fourth-order valence-electron chi connectivity index (χ4n) is 1.82. The summed E-state index contributed by atoms with van der Waals surface area (Å²) in [6, 6.07) is 6.34. The summed E-state index contributed by atoms with van der Waals surface area (Å²) in [6.07, 6.45) is 3.63. The monoisotopic (exact) mass is 274 g/mol. The largest absolute Gasteiger partial charge is 0.489 e. The average Bonchev–Trinajstić information content (AvgIpc) is 2.84.